The normalized spacial score (nSPS) is 15.4. The van der Waals surface area contributed by atoms with Crippen molar-refractivity contribution in [1.29, 1.82) is 0 Å². The van der Waals surface area contributed by atoms with Crippen molar-refractivity contribution in [2.24, 2.45) is 0 Å². The molecule has 0 unspecified atom stereocenters. The molecule has 6 heteroatoms. The molecule has 1 aliphatic rings. The van der Waals surface area contributed by atoms with Crippen molar-refractivity contribution in [3.63, 3.8) is 0 Å². The third kappa shape index (κ3) is 3.54. The van der Waals surface area contributed by atoms with Crippen LogP contribution in [0.15, 0.2) is 42.6 Å². The third-order valence-corrected chi connectivity index (χ3v) is 5.07. The van der Waals surface area contributed by atoms with E-state index in [1.165, 1.54) is 18.3 Å². The molecule has 0 aliphatic heterocycles. The van der Waals surface area contributed by atoms with Gasteiger partial charge in [0.1, 0.15) is 11.4 Å². The molecule has 1 amide bonds. The van der Waals surface area contributed by atoms with Crippen molar-refractivity contribution in [3.05, 3.63) is 59.4 Å². The average Bonchev–Trinajstić information content (AvgIpc) is 3.16. The number of aromatic nitrogens is 1. The lowest BCUT2D eigenvalue weighted by atomic mass is 9.78. The van der Waals surface area contributed by atoms with Gasteiger partial charge in [-0.15, -0.1) is 0 Å². The summed E-state index contributed by atoms with van der Waals surface area (Å²) in [6, 6.07) is 10.8. The first kappa shape index (κ1) is 17.9. The van der Waals surface area contributed by atoms with Crippen LogP contribution in [0.25, 0.3) is 0 Å². The predicted molar refractivity (Wildman–Crippen MR) is 96.7 cm³/mol. The number of nitrogens with zero attached hydrogens (tertiary/aromatic N) is 1. The van der Waals surface area contributed by atoms with Gasteiger partial charge < -0.3 is 15.2 Å². The van der Waals surface area contributed by atoms with Crippen molar-refractivity contribution < 1.29 is 19.4 Å². The van der Waals surface area contributed by atoms with Crippen molar-refractivity contribution >= 4 is 11.9 Å². The zero-order valence-electron chi connectivity index (χ0n) is 14.7. The summed E-state index contributed by atoms with van der Waals surface area (Å²) in [7, 11) is 1.66. The fourth-order valence-corrected chi connectivity index (χ4v) is 3.68. The van der Waals surface area contributed by atoms with Gasteiger partial charge in [-0.05, 0) is 31.0 Å². The Morgan fingerprint density at radius 2 is 1.92 bits per heavy atom. The van der Waals surface area contributed by atoms with Crippen LogP contribution in [0.3, 0.4) is 0 Å². The van der Waals surface area contributed by atoms with Crippen LogP contribution in [0.4, 0.5) is 0 Å². The second-order valence-electron chi connectivity index (χ2n) is 6.61. The molecule has 2 N–H and O–H groups in total. The number of aromatic carboxylic acids is 1. The minimum absolute atomic E-state index is 0.0807. The second-order valence-corrected chi connectivity index (χ2v) is 6.61. The molecular formula is C20H22N2O4. The molecule has 6 nitrogen and oxygen atoms in total. The molecular weight excluding hydrogens is 332 g/mol. The largest absolute Gasteiger partial charge is 0.496 e. The van der Waals surface area contributed by atoms with Crippen LogP contribution in [-0.2, 0) is 5.41 Å². The summed E-state index contributed by atoms with van der Waals surface area (Å²) in [6.45, 7) is 0.507. The molecule has 0 saturated heterocycles. The number of carboxylic acids is 1. The smallest absolute Gasteiger partial charge is 0.354 e. The Hall–Kier alpha value is -2.89. The summed E-state index contributed by atoms with van der Waals surface area (Å²) in [4.78, 5) is 27.1. The van der Waals surface area contributed by atoms with E-state index in [0.717, 1.165) is 37.0 Å². The highest BCUT2D eigenvalue weighted by Crippen LogP contribution is 2.44. The third-order valence-electron chi connectivity index (χ3n) is 5.07. The fraction of sp³-hybridized carbons (Fsp3) is 0.350. The highest BCUT2D eigenvalue weighted by atomic mass is 16.5. The Morgan fingerprint density at radius 3 is 2.54 bits per heavy atom. The lowest BCUT2D eigenvalue weighted by Crippen LogP contribution is -2.39. The van der Waals surface area contributed by atoms with Gasteiger partial charge in [0, 0.05) is 23.7 Å². The molecule has 0 radical (unpaired) electrons. The highest BCUT2D eigenvalue weighted by molar-refractivity contribution is 5.94. The van der Waals surface area contributed by atoms with Gasteiger partial charge in [0.05, 0.1) is 12.7 Å². The Bertz CT molecular complexity index is 796. The molecule has 0 spiro atoms. The van der Waals surface area contributed by atoms with E-state index in [2.05, 4.69) is 16.4 Å². The number of nitrogens with one attached hydrogen (secondary N) is 1. The Morgan fingerprint density at radius 1 is 1.19 bits per heavy atom. The molecule has 3 rings (SSSR count). The van der Waals surface area contributed by atoms with Crippen LogP contribution in [-0.4, -0.2) is 35.6 Å². The van der Waals surface area contributed by atoms with Crippen LogP contribution in [0, 0.1) is 0 Å². The first-order chi connectivity index (χ1) is 12.6. The summed E-state index contributed by atoms with van der Waals surface area (Å²) < 4.78 is 5.53. The number of hydrogen-bond acceptors (Lipinski definition) is 4. The van der Waals surface area contributed by atoms with Crippen molar-refractivity contribution in [2.45, 2.75) is 31.1 Å². The second kappa shape index (κ2) is 7.56. The molecule has 1 aromatic carbocycles. The molecule has 1 aliphatic carbocycles. The van der Waals surface area contributed by atoms with Crippen molar-refractivity contribution in [3.8, 4) is 5.75 Å². The lowest BCUT2D eigenvalue weighted by Gasteiger charge is -2.31. The van der Waals surface area contributed by atoms with Gasteiger partial charge in [-0.1, -0.05) is 31.0 Å². The Labute approximate surface area is 152 Å². The van der Waals surface area contributed by atoms with Gasteiger partial charge in [0.2, 0.25) is 0 Å². The van der Waals surface area contributed by atoms with Gasteiger partial charge >= 0.3 is 5.97 Å². The maximum absolute atomic E-state index is 12.5. The molecule has 2 aromatic rings. The van der Waals surface area contributed by atoms with Crippen LogP contribution >= 0.6 is 0 Å². The zero-order chi connectivity index (χ0) is 18.6. The summed E-state index contributed by atoms with van der Waals surface area (Å²) in [5.74, 6) is -0.523. The number of carbonyl (C=O) groups is 2. The number of methoxy groups -OCH3 is 1. The molecule has 1 heterocycles. The maximum atomic E-state index is 12.5. The van der Waals surface area contributed by atoms with Crippen molar-refractivity contribution in [2.75, 3.05) is 13.7 Å². The molecule has 0 atom stereocenters. The standard InChI is InChI=1S/C20H22N2O4/c1-26-17-7-3-2-6-15(17)20(10-4-5-11-20)13-22-18(23)14-8-9-16(19(24)25)21-12-14/h2-3,6-9,12H,4-5,10-11,13H2,1H3,(H,22,23)(H,24,25). The van der Waals surface area contributed by atoms with Gasteiger partial charge in [0.15, 0.2) is 0 Å². The fourth-order valence-electron chi connectivity index (χ4n) is 3.68. The number of ether oxygens (including phenoxy) is 1. The number of pyridine rings is 1. The molecule has 1 aromatic heterocycles. The minimum atomic E-state index is -1.11. The number of para-hydroxylation sites is 1. The number of benzene rings is 1. The topological polar surface area (TPSA) is 88.5 Å². The van der Waals surface area contributed by atoms with E-state index in [0.29, 0.717) is 12.1 Å². The van der Waals surface area contributed by atoms with E-state index < -0.39 is 5.97 Å². The molecule has 1 fully saturated rings. The number of rotatable bonds is 6. The van der Waals surface area contributed by atoms with Crippen LogP contribution in [0.2, 0.25) is 0 Å². The summed E-state index contributed by atoms with van der Waals surface area (Å²) in [6.07, 6.45) is 5.50. The number of carbonyl (C=O) groups excluding carboxylic acids is 1. The van der Waals surface area contributed by atoms with Crippen molar-refractivity contribution in [1.82, 2.24) is 10.3 Å². The quantitative estimate of drug-likeness (QED) is 0.832. The SMILES string of the molecule is COc1ccccc1C1(CNC(=O)c2ccc(C(=O)O)nc2)CCCC1. The predicted octanol–water partition coefficient (Wildman–Crippen LogP) is 3.03. The van der Waals surface area contributed by atoms with Gasteiger partial charge in [-0.3, -0.25) is 4.79 Å². The van der Waals surface area contributed by atoms with Gasteiger partial charge in [0.25, 0.3) is 5.91 Å². The summed E-state index contributed by atoms with van der Waals surface area (Å²) in [5, 5.41) is 11.9. The number of carboxylic acid groups (broad SMARTS) is 1. The van der Waals surface area contributed by atoms with E-state index >= 15 is 0 Å². The minimum Gasteiger partial charge on any atom is -0.496 e. The average molecular weight is 354 g/mol. The first-order valence-electron chi connectivity index (χ1n) is 8.67. The van der Waals surface area contributed by atoms with Crippen LogP contribution < -0.4 is 10.1 Å². The Kier molecular flexibility index (Phi) is 5.21. The highest BCUT2D eigenvalue weighted by Gasteiger charge is 2.38. The van der Waals surface area contributed by atoms with E-state index in [1.54, 1.807) is 7.11 Å². The zero-order valence-corrected chi connectivity index (χ0v) is 14.7. The first-order valence-corrected chi connectivity index (χ1v) is 8.67. The number of hydrogen-bond donors (Lipinski definition) is 2. The molecule has 1 saturated carbocycles. The summed E-state index contributed by atoms with van der Waals surface area (Å²) >= 11 is 0. The lowest BCUT2D eigenvalue weighted by molar-refractivity contribution is 0.0689. The molecule has 136 valence electrons. The van der Waals surface area contributed by atoms with E-state index in [9.17, 15) is 9.59 Å². The Balaban J connectivity index is 1.77. The maximum Gasteiger partial charge on any atom is 0.354 e. The van der Waals surface area contributed by atoms with Crippen LogP contribution in [0.1, 0.15) is 52.1 Å². The van der Waals surface area contributed by atoms with Gasteiger partial charge in [-0.2, -0.15) is 0 Å². The summed E-state index contributed by atoms with van der Waals surface area (Å²) in [5.41, 5.74) is 1.25. The number of amides is 1. The van der Waals surface area contributed by atoms with E-state index in [1.807, 2.05) is 18.2 Å². The monoisotopic (exact) mass is 354 g/mol. The van der Waals surface area contributed by atoms with Gasteiger partial charge in [-0.25, -0.2) is 9.78 Å². The molecule has 0 bridgehead atoms. The van der Waals surface area contributed by atoms with Crippen LogP contribution in [0.5, 0.6) is 5.75 Å². The van der Waals surface area contributed by atoms with E-state index in [-0.39, 0.29) is 17.0 Å². The van der Waals surface area contributed by atoms with E-state index in [4.69, 9.17) is 9.84 Å². The molecule has 26 heavy (non-hydrogen) atoms.